The van der Waals surface area contributed by atoms with Gasteiger partial charge in [-0.25, -0.2) is 0 Å². The largest absolute Gasteiger partial charge is 0.316 e. The summed E-state index contributed by atoms with van der Waals surface area (Å²) in [6.45, 7) is 2.31. The lowest BCUT2D eigenvalue weighted by atomic mass is 9.98. The van der Waals surface area contributed by atoms with Gasteiger partial charge in [-0.15, -0.1) is 24.8 Å². The first-order valence-electron chi connectivity index (χ1n) is 4.59. The van der Waals surface area contributed by atoms with Gasteiger partial charge in [0.25, 0.3) is 0 Å². The van der Waals surface area contributed by atoms with Gasteiger partial charge >= 0.3 is 0 Å². The Morgan fingerprint density at radius 3 is 2.64 bits per heavy atom. The first kappa shape index (κ1) is 11.8. The number of nitrogens with zero attached hydrogens (tertiary/aromatic N) is 1. The van der Waals surface area contributed by atoms with Gasteiger partial charge in [0, 0.05) is 25.5 Å². The van der Waals surface area contributed by atoms with Crippen molar-refractivity contribution in [3.63, 3.8) is 0 Å². The highest BCUT2D eigenvalue weighted by atomic mass is 35.5. The second kappa shape index (κ2) is 4.47. The third kappa shape index (κ3) is 1.62. The third-order valence-electron chi connectivity index (χ3n) is 3.12. The quantitative estimate of drug-likeness (QED) is 0.742. The van der Waals surface area contributed by atoms with Gasteiger partial charge in [0.2, 0.25) is 0 Å². The van der Waals surface area contributed by atoms with Gasteiger partial charge in [-0.1, -0.05) is 0 Å². The molecular weight excluding hydrogens is 219 g/mol. The van der Waals surface area contributed by atoms with Crippen LogP contribution >= 0.6 is 24.8 Å². The summed E-state index contributed by atoms with van der Waals surface area (Å²) in [6, 6.07) is 2.19. The van der Waals surface area contributed by atoms with Crippen LogP contribution in [0.1, 0.15) is 29.4 Å². The summed E-state index contributed by atoms with van der Waals surface area (Å²) in [6.07, 6.45) is 5.31. The minimum Gasteiger partial charge on any atom is -0.316 e. The maximum absolute atomic E-state index is 4.19. The highest BCUT2D eigenvalue weighted by Crippen LogP contribution is 2.42. The lowest BCUT2D eigenvalue weighted by Crippen LogP contribution is -2.28. The van der Waals surface area contributed by atoms with Crippen molar-refractivity contribution in [2.24, 2.45) is 0 Å². The van der Waals surface area contributed by atoms with Crippen LogP contribution in [0.25, 0.3) is 0 Å². The third-order valence-corrected chi connectivity index (χ3v) is 3.12. The zero-order chi connectivity index (χ0) is 7.97. The number of piperidine rings is 1. The second-order valence-corrected chi connectivity index (χ2v) is 3.79. The molecule has 1 saturated heterocycles. The van der Waals surface area contributed by atoms with E-state index < -0.39 is 0 Å². The molecule has 1 N–H and O–H groups in total. The summed E-state index contributed by atoms with van der Waals surface area (Å²) in [5.41, 5.74) is 3.03. The number of rotatable bonds is 0. The van der Waals surface area contributed by atoms with Crippen LogP contribution in [-0.4, -0.2) is 18.1 Å². The lowest BCUT2D eigenvalue weighted by molar-refractivity contribution is 0.453. The molecular formula is C10H14Cl2N2. The van der Waals surface area contributed by atoms with Crippen molar-refractivity contribution in [1.29, 1.82) is 0 Å². The van der Waals surface area contributed by atoms with E-state index in [4.69, 9.17) is 0 Å². The fraction of sp³-hybridized carbons (Fsp3) is 0.500. The Morgan fingerprint density at radius 1 is 1.14 bits per heavy atom. The highest BCUT2D eigenvalue weighted by Gasteiger charge is 2.33. The molecule has 3 rings (SSSR count). The highest BCUT2D eigenvalue weighted by molar-refractivity contribution is 5.85. The molecule has 2 nitrogen and oxygen atoms in total. The molecule has 14 heavy (non-hydrogen) atoms. The van der Waals surface area contributed by atoms with Crippen LogP contribution in [0.2, 0.25) is 0 Å². The molecule has 1 aliphatic carbocycles. The number of fused-ring (bicyclic) bond motifs is 5. The van der Waals surface area contributed by atoms with Crippen molar-refractivity contribution in [1.82, 2.24) is 10.3 Å². The molecule has 2 bridgehead atoms. The van der Waals surface area contributed by atoms with Crippen molar-refractivity contribution in [2.75, 3.05) is 13.1 Å². The standard InChI is InChI=1S/C10H12N2.2ClH/c1-2-11-6-10-8-3-7(9(1)10)4-12-5-8;;/h1-2,6-8,12H,3-5H2;2*1H. The van der Waals surface area contributed by atoms with E-state index in [1.165, 1.54) is 12.0 Å². The maximum atomic E-state index is 4.19. The van der Waals surface area contributed by atoms with Crippen LogP contribution in [0.15, 0.2) is 18.5 Å². The normalized spacial score (nSPS) is 27.1. The summed E-state index contributed by atoms with van der Waals surface area (Å²) in [5, 5.41) is 3.47. The van der Waals surface area contributed by atoms with E-state index >= 15 is 0 Å². The predicted octanol–water partition coefficient (Wildman–Crippen LogP) is 2.10. The number of hydrogen-bond donors (Lipinski definition) is 1. The van der Waals surface area contributed by atoms with E-state index in [1.807, 2.05) is 12.4 Å². The van der Waals surface area contributed by atoms with Gasteiger partial charge in [-0.3, -0.25) is 4.98 Å². The monoisotopic (exact) mass is 232 g/mol. The van der Waals surface area contributed by atoms with E-state index in [1.54, 1.807) is 5.56 Å². The van der Waals surface area contributed by atoms with Gasteiger partial charge < -0.3 is 5.32 Å². The van der Waals surface area contributed by atoms with Crippen LogP contribution in [0.3, 0.4) is 0 Å². The van der Waals surface area contributed by atoms with Crippen LogP contribution in [-0.2, 0) is 0 Å². The molecule has 4 heteroatoms. The average Bonchev–Trinajstić information content (AvgIpc) is 2.41. The number of nitrogens with one attached hydrogen (secondary N) is 1. The van der Waals surface area contributed by atoms with Gasteiger partial charge in [0.15, 0.2) is 0 Å². The SMILES string of the molecule is Cl.Cl.c1cc2c(cn1)C1CNCC2C1. The molecule has 2 unspecified atom stereocenters. The summed E-state index contributed by atoms with van der Waals surface area (Å²) >= 11 is 0. The second-order valence-electron chi connectivity index (χ2n) is 3.79. The Balaban J connectivity index is 0.000000490. The minimum atomic E-state index is 0. The molecule has 2 aliphatic rings. The van der Waals surface area contributed by atoms with E-state index in [-0.39, 0.29) is 24.8 Å². The molecule has 2 heterocycles. The molecule has 0 aromatic carbocycles. The van der Waals surface area contributed by atoms with Gasteiger partial charge in [-0.2, -0.15) is 0 Å². The lowest BCUT2D eigenvalue weighted by Gasteiger charge is -2.19. The van der Waals surface area contributed by atoms with E-state index in [0.29, 0.717) is 0 Å². The number of pyridine rings is 1. The van der Waals surface area contributed by atoms with Crippen molar-refractivity contribution in [2.45, 2.75) is 18.3 Å². The minimum absolute atomic E-state index is 0. The fourth-order valence-electron chi connectivity index (χ4n) is 2.55. The number of hydrogen-bond acceptors (Lipinski definition) is 2. The zero-order valence-corrected chi connectivity index (χ0v) is 9.40. The zero-order valence-electron chi connectivity index (χ0n) is 7.77. The van der Waals surface area contributed by atoms with Crippen LogP contribution in [0.5, 0.6) is 0 Å². The Bertz CT molecular complexity index is 288. The Hall–Kier alpha value is -0.310. The fourth-order valence-corrected chi connectivity index (χ4v) is 2.55. The number of aromatic nitrogens is 1. The molecule has 2 atom stereocenters. The number of halogens is 2. The van der Waals surface area contributed by atoms with Crippen molar-refractivity contribution in [3.05, 3.63) is 29.6 Å². The van der Waals surface area contributed by atoms with Gasteiger partial charge in [-0.05, 0) is 35.4 Å². The van der Waals surface area contributed by atoms with E-state index in [0.717, 1.165) is 24.9 Å². The molecule has 0 spiro atoms. The molecule has 0 amide bonds. The molecule has 1 aliphatic heterocycles. The smallest absolute Gasteiger partial charge is 0.0306 e. The summed E-state index contributed by atoms with van der Waals surface area (Å²) in [7, 11) is 0. The molecule has 1 fully saturated rings. The van der Waals surface area contributed by atoms with Crippen LogP contribution < -0.4 is 5.32 Å². The summed E-state index contributed by atoms with van der Waals surface area (Å²) in [4.78, 5) is 4.19. The van der Waals surface area contributed by atoms with Crippen LogP contribution in [0.4, 0.5) is 0 Å². The van der Waals surface area contributed by atoms with E-state index in [2.05, 4.69) is 16.4 Å². The van der Waals surface area contributed by atoms with Crippen molar-refractivity contribution >= 4 is 24.8 Å². The Labute approximate surface area is 96.3 Å². The Morgan fingerprint density at radius 2 is 1.86 bits per heavy atom. The Kier molecular flexibility index (Phi) is 3.76. The average molecular weight is 233 g/mol. The van der Waals surface area contributed by atoms with Crippen molar-refractivity contribution < 1.29 is 0 Å². The topological polar surface area (TPSA) is 24.9 Å². The van der Waals surface area contributed by atoms with Gasteiger partial charge in [0.1, 0.15) is 0 Å². The first-order valence-corrected chi connectivity index (χ1v) is 4.59. The predicted molar refractivity (Wildman–Crippen MR) is 61.7 cm³/mol. The molecule has 0 saturated carbocycles. The van der Waals surface area contributed by atoms with E-state index in [9.17, 15) is 0 Å². The summed E-state index contributed by atoms with van der Waals surface area (Å²) in [5.74, 6) is 1.51. The maximum Gasteiger partial charge on any atom is 0.0306 e. The molecule has 78 valence electrons. The van der Waals surface area contributed by atoms with Crippen LogP contribution in [0, 0.1) is 0 Å². The first-order chi connectivity index (χ1) is 5.95. The summed E-state index contributed by atoms with van der Waals surface area (Å²) < 4.78 is 0. The van der Waals surface area contributed by atoms with Gasteiger partial charge in [0.05, 0.1) is 0 Å². The molecule has 1 aromatic rings. The van der Waals surface area contributed by atoms with Crippen molar-refractivity contribution in [3.8, 4) is 0 Å². The molecule has 0 radical (unpaired) electrons. The molecule has 1 aromatic heterocycles.